The summed E-state index contributed by atoms with van der Waals surface area (Å²) < 4.78 is 19.3. The number of esters is 4. The van der Waals surface area contributed by atoms with E-state index < -0.39 is 35.6 Å². The fourth-order valence-corrected chi connectivity index (χ4v) is 6.91. The molecule has 0 aliphatic carbocycles. The summed E-state index contributed by atoms with van der Waals surface area (Å²) in [6, 6.07) is 10.9. The highest BCUT2D eigenvalue weighted by atomic mass is 32.1. The van der Waals surface area contributed by atoms with E-state index in [9.17, 15) is 33.6 Å². The van der Waals surface area contributed by atoms with Gasteiger partial charge in [-0.15, -0.1) is 34.0 Å². The van der Waals surface area contributed by atoms with Crippen LogP contribution in [0.5, 0.6) is 0 Å². The van der Waals surface area contributed by atoms with Crippen molar-refractivity contribution in [1.82, 2.24) is 5.32 Å². The molecule has 4 heterocycles. The van der Waals surface area contributed by atoms with Crippen molar-refractivity contribution in [3.8, 4) is 0 Å². The van der Waals surface area contributed by atoms with Crippen molar-refractivity contribution >= 4 is 81.1 Å². The third-order valence-corrected chi connectivity index (χ3v) is 9.66. The molecule has 1 aliphatic heterocycles. The van der Waals surface area contributed by atoms with Crippen molar-refractivity contribution in [2.75, 3.05) is 26.4 Å². The molecule has 3 aromatic rings. The standard InChI is InChI=1S/C14H18O5S.C12H13NO3S.C10H12O3S/c1-4-18-12(15)8-10(14(17)19-5-2)13(16)11-7-6-9(3)20-11;1-3-16-12(15)8-6-10(14)13-11(8)9-5-4-7(2)17-9;1-3-13-10(12)6-8(11)9-5-4-7(2)14-9/h6-7,10H,4-5,8H2,1-3H3;4-5H,3,6H2,1-2H3,(H,13,14);4-5H,3,6H2,1-2H3. The van der Waals surface area contributed by atoms with E-state index in [4.69, 9.17) is 14.2 Å². The van der Waals surface area contributed by atoms with Gasteiger partial charge in [-0.3, -0.25) is 28.8 Å². The minimum Gasteiger partial charge on any atom is -0.466 e. The molecule has 4 rings (SSSR count). The van der Waals surface area contributed by atoms with Crippen molar-refractivity contribution in [2.24, 2.45) is 5.92 Å². The first-order valence-corrected chi connectivity index (χ1v) is 18.6. The van der Waals surface area contributed by atoms with E-state index in [1.165, 1.54) is 22.7 Å². The quantitative estimate of drug-likeness (QED) is 0.0834. The normalized spacial score (nSPS) is 12.3. The summed E-state index contributed by atoms with van der Waals surface area (Å²) in [6.45, 7) is 13.6. The van der Waals surface area contributed by atoms with Gasteiger partial charge in [-0.1, -0.05) is 0 Å². The van der Waals surface area contributed by atoms with Crippen molar-refractivity contribution in [3.63, 3.8) is 0 Å². The highest BCUT2D eigenvalue weighted by molar-refractivity contribution is 7.14. The number of nitrogens with one attached hydrogen (secondary N) is 1. The average Bonchev–Trinajstić information content (AvgIpc) is 3.89. The minimum atomic E-state index is -1.13. The number of aryl methyl sites for hydroxylation is 3. The van der Waals surface area contributed by atoms with Crippen LogP contribution < -0.4 is 5.32 Å². The van der Waals surface area contributed by atoms with Crippen LogP contribution in [0.1, 0.15) is 85.8 Å². The summed E-state index contributed by atoms with van der Waals surface area (Å²) in [7, 11) is 0. The fraction of sp³-hybridized carbons (Fsp3) is 0.417. The molecule has 1 aliphatic rings. The highest BCUT2D eigenvalue weighted by Gasteiger charge is 2.33. The molecule has 0 saturated heterocycles. The number of rotatable bonds is 14. The SMILES string of the molecule is CCOC(=O)C1=C(c2ccc(C)s2)NC(=O)C1.CCOC(=O)CC(=O)c1ccc(C)s1.CCOC(=O)CC(C(=O)OCC)C(=O)c1ccc(C)s1. The Bertz CT molecular complexity index is 1730. The molecule has 0 aromatic carbocycles. The van der Waals surface area contributed by atoms with Gasteiger partial charge in [-0.05, 0) is 84.9 Å². The predicted octanol–water partition coefficient (Wildman–Crippen LogP) is 6.41. The predicted molar refractivity (Wildman–Crippen MR) is 195 cm³/mol. The van der Waals surface area contributed by atoms with Crippen LogP contribution in [0.2, 0.25) is 0 Å². The van der Waals surface area contributed by atoms with Gasteiger partial charge in [0.1, 0.15) is 12.3 Å². The van der Waals surface area contributed by atoms with E-state index in [1.54, 1.807) is 57.2 Å². The summed E-state index contributed by atoms with van der Waals surface area (Å²) in [6.07, 6.45) is -0.346. The number of ketones is 2. The van der Waals surface area contributed by atoms with Gasteiger partial charge in [0.05, 0.1) is 65.2 Å². The number of carbonyl (C=O) groups is 7. The molecule has 51 heavy (non-hydrogen) atoms. The van der Waals surface area contributed by atoms with Crippen LogP contribution in [0.25, 0.3) is 5.70 Å². The monoisotopic (exact) mass is 761 g/mol. The highest BCUT2D eigenvalue weighted by Crippen LogP contribution is 2.30. The molecule has 15 heteroatoms. The van der Waals surface area contributed by atoms with Crippen molar-refractivity contribution < 1.29 is 52.5 Å². The molecule has 1 unspecified atom stereocenters. The molecule has 1 N–H and O–H groups in total. The fourth-order valence-electron chi connectivity index (χ4n) is 4.35. The van der Waals surface area contributed by atoms with Gasteiger partial charge < -0.3 is 24.3 Å². The van der Waals surface area contributed by atoms with Crippen LogP contribution in [-0.4, -0.2) is 67.8 Å². The third-order valence-electron chi connectivity index (χ3n) is 6.58. The van der Waals surface area contributed by atoms with Crippen molar-refractivity contribution in [1.29, 1.82) is 0 Å². The molecule has 3 aromatic heterocycles. The number of ether oxygens (including phenoxy) is 4. The Kier molecular flexibility index (Phi) is 18.2. The lowest BCUT2D eigenvalue weighted by atomic mass is 9.99. The first kappa shape index (κ1) is 42.7. The van der Waals surface area contributed by atoms with Gasteiger partial charge in [0, 0.05) is 14.6 Å². The molecule has 1 amide bonds. The Balaban J connectivity index is 0.000000269. The molecular formula is C36H43NO11S3. The van der Waals surface area contributed by atoms with E-state index in [1.807, 2.05) is 39.0 Å². The summed E-state index contributed by atoms with van der Waals surface area (Å²) in [5, 5.41) is 2.72. The average molecular weight is 762 g/mol. The number of thiophene rings is 3. The maximum absolute atomic E-state index is 12.3. The van der Waals surface area contributed by atoms with Crippen LogP contribution >= 0.6 is 34.0 Å². The van der Waals surface area contributed by atoms with Gasteiger partial charge in [0.15, 0.2) is 11.6 Å². The maximum Gasteiger partial charge on any atom is 0.336 e. The lowest BCUT2D eigenvalue weighted by Crippen LogP contribution is -2.29. The van der Waals surface area contributed by atoms with Crippen LogP contribution in [0.4, 0.5) is 0 Å². The smallest absolute Gasteiger partial charge is 0.336 e. The number of amides is 1. The van der Waals surface area contributed by atoms with Gasteiger partial charge in [0.25, 0.3) is 0 Å². The first-order valence-electron chi connectivity index (χ1n) is 16.2. The molecule has 0 radical (unpaired) electrons. The summed E-state index contributed by atoms with van der Waals surface area (Å²) in [5.41, 5.74) is 1.03. The second kappa shape index (κ2) is 21.7. The van der Waals surface area contributed by atoms with Gasteiger partial charge in [0.2, 0.25) is 5.91 Å². The van der Waals surface area contributed by atoms with E-state index in [0.29, 0.717) is 34.2 Å². The summed E-state index contributed by atoms with van der Waals surface area (Å²) >= 11 is 4.24. The van der Waals surface area contributed by atoms with E-state index >= 15 is 0 Å². The van der Waals surface area contributed by atoms with Gasteiger partial charge in [-0.2, -0.15) is 0 Å². The molecule has 0 bridgehead atoms. The van der Waals surface area contributed by atoms with Gasteiger partial charge in [-0.25, -0.2) is 4.79 Å². The lowest BCUT2D eigenvalue weighted by Gasteiger charge is -2.13. The Morgan fingerprint density at radius 1 is 0.686 bits per heavy atom. The molecule has 12 nitrogen and oxygen atoms in total. The topological polar surface area (TPSA) is 168 Å². The van der Waals surface area contributed by atoms with E-state index in [-0.39, 0.29) is 44.2 Å². The number of Topliss-reactive ketones (excluding diaryl/α,β-unsaturated/α-hetero) is 2. The summed E-state index contributed by atoms with van der Waals surface area (Å²) in [4.78, 5) is 86.4. The third kappa shape index (κ3) is 14.0. The van der Waals surface area contributed by atoms with Gasteiger partial charge >= 0.3 is 23.9 Å². The Morgan fingerprint density at radius 3 is 1.73 bits per heavy atom. The zero-order chi connectivity index (χ0) is 38.1. The zero-order valence-electron chi connectivity index (χ0n) is 29.7. The maximum atomic E-state index is 12.3. The van der Waals surface area contributed by atoms with Crippen molar-refractivity contribution in [2.45, 2.75) is 67.7 Å². The Hall–Kier alpha value is -4.47. The number of carbonyl (C=O) groups excluding carboxylic acids is 7. The summed E-state index contributed by atoms with van der Waals surface area (Å²) in [5.74, 6) is -3.98. The van der Waals surface area contributed by atoms with E-state index in [2.05, 4.69) is 10.1 Å². The van der Waals surface area contributed by atoms with Crippen LogP contribution in [0.15, 0.2) is 42.0 Å². The number of hydrogen-bond donors (Lipinski definition) is 1. The molecule has 276 valence electrons. The molecule has 1 atom stereocenters. The van der Waals surface area contributed by atoms with E-state index in [0.717, 1.165) is 19.5 Å². The first-order chi connectivity index (χ1) is 24.2. The lowest BCUT2D eigenvalue weighted by molar-refractivity contribution is -0.152. The Morgan fingerprint density at radius 2 is 1.22 bits per heavy atom. The van der Waals surface area contributed by atoms with Crippen molar-refractivity contribution in [3.05, 3.63) is 71.2 Å². The molecule has 0 fully saturated rings. The van der Waals surface area contributed by atoms with Crippen LogP contribution in [-0.2, 0) is 42.9 Å². The second-order valence-electron chi connectivity index (χ2n) is 10.6. The number of hydrogen-bond acceptors (Lipinski definition) is 14. The largest absolute Gasteiger partial charge is 0.466 e. The Labute approximate surface area is 309 Å². The minimum absolute atomic E-state index is 0.102. The molecule has 0 saturated carbocycles. The van der Waals surface area contributed by atoms with Crippen LogP contribution in [0.3, 0.4) is 0 Å². The zero-order valence-corrected chi connectivity index (χ0v) is 32.2. The molecular weight excluding hydrogens is 719 g/mol. The van der Waals surface area contributed by atoms with Crippen LogP contribution in [0, 0.1) is 26.7 Å². The second-order valence-corrected chi connectivity index (χ2v) is 14.5. The molecule has 0 spiro atoms.